The van der Waals surface area contributed by atoms with Gasteiger partial charge in [-0.05, 0) is 30.5 Å². The summed E-state index contributed by atoms with van der Waals surface area (Å²) in [7, 11) is 1.58. The van der Waals surface area contributed by atoms with Gasteiger partial charge in [-0.1, -0.05) is 12.1 Å². The van der Waals surface area contributed by atoms with Crippen LogP contribution in [-0.4, -0.2) is 19.2 Å². The minimum absolute atomic E-state index is 0.207. The Morgan fingerprint density at radius 2 is 1.95 bits per heavy atom. The van der Waals surface area contributed by atoms with Gasteiger partial charge in [0.15, 0.2) is 0 Å². The van der Waals surface area contributed by atoms with E-state index >= 15 is 0 Å². The number of nitrogen functional groups attached to an aromatic ring is 1. The number of nitrogens with two attached hydrogens (primary N) is 1. The molecule has 0 saturated heterocycles. The van der Waals surface area contributed by atoms with Crippen LogP contribution in [0.4, 0.5) is 5.69 Å². The highest BCUT2D eigenvalue weighted by molar-refractivity contribution is 7.98. The van der Waals surface area contributed by atoms with Crippen molar-refractivity contribution in [1.82, 2.24) is 5.32 Å². The molecule has 0 aromatic heterocycles. The van der Waals surface area contributed by atoms with E-state index in [-0.39, 0.29) is 5.91 Å². The van der Waals surface area contributed by atoms with Crippen LogP contribution in [0, 0.1) is 0 Å². The zero-order valence-electron chi connectivity index (χ0n) is 11.3. The van der Waals surface area contributed by atoms with Gasteiger partial charge >= 0.3 is 0 Å². The summed E-state index contributed by atoms with van der Waals surface area (Å²) in [6.07, 6.45) is 1.97. The van der Waals surface area contributed by atoms with E-state index in [9.17, 15) is 4.79 Å². The lowest BCUT2D eigenvalue weighted by Crippen LogP contribution is -2.18. The molecule has 0 heterocycles. The van der Waals surface area contributed by atoms with Gasteiger partial charge in [0.2, 0.25) is 0 Å². The van der Waals surface area contributed by atoms with Crippen LogP contribution in [0.2, 0.25) is 0 Å². The van der Waals surface area contributed by atoms with Gasteiger partial charge in [0.05, 0.1) is 5.56 Å². The van der Waals surface area contributed by atoms with Crippen molar-refractivity contribution >= 4 is 23.4 Å². The average Bonchev–Trinajstić information content (AvgIpc) is 2.47. The third-order valence-corrected chi connectivity index (χ3v) is 3.54. The molecule has 4 nitrogen and oxygen atoms in total. The highest BCUT2D eigenvalue weighted by Crippen LogP contribution is 2.33. The third-order valence-electron chi connectivity index (χ3n) is 2.77. The van der Waals surface area contributed by atoms with Gasteiger partial charge < -0.3 is 15.8 Å². The molecule has 0 bridgehead atoms. The molecule has 1 amide bonds. The van der Waals surface area contributed by atoms with E-state index in [1.807, 2.05) is 30.5 Å². The van der Waals surface area contributed by atoms with Crippen LogP contribution in [0.25, 0.3) is 0 Å². The van der Waals surface area contributed by atoms with Crippen molar-refractivity contribution in [3.8, 4) is 11.5 Å². The Kier molecular flexibility index (Phi) is 4.53. The molecular weight excluding hydrogens is 272 g/mol. The van der Waals surface area contributed by atoms with E-state index in [1.54, 1.807) is 37.0 Å². The first-order valence-electron chi connectivity index (χ1n) is 6.08. The number of benzene rings is 2. The summed E-state index contributed by atoms with van der Waals surface area (Å²) in [6, 6.07) is 12.7. The Balaban J connectivity index is 2.42. The Bertz CT molecular complexity index is 629. The number of thioether (sulfide) groups is 1. The molecule has 0 radical (unpaired) electrons. The van der Waals surface area contributed by atoms with Crippen LogP contribution in [0.1, 0.15) is 10.4 Å². The molecule has 2 aromatic carbocycles. The molecular formula is C15H16N2O2S. The van der Waals surface area contributed by atoms with Gasteiger partial charge in [-0.3, -0.25) is 4.79 Å². The van der Waals surface area contributed by atoms with Crippen LogP contribution >= 0.6 is 11.8 Å². The van der Waals surface area contributed by atoms with Crippen molar-refractivity contribution in [1.29, 1.82) is 0 Å². The van der Waals surface area contributed by atoms with Crippen molar-refractivity contribution in [2.75, 3.05) is 19.0 Å². The Morgan fingerprint density at radius 1 is 1.20 bits per heavy atom. The summed E-state index contributed by atoms with van der Waals surface area (Å²) >= 11 is 1.58. The highest BCUT2D eigenvalue weighted by atomic mass is 32.2. The molecule has 5 heteroatoms. The number of hydrogen-bond donors (Lipinski definition) is 2. The lowest BCUT2D eigenvalue weighted by atomic mass is 10.1. The van der Waals surface area contributed by atoms with Gasteiger partial charge in [0.25, 0.3) is 5.91 Å². The summed E-state index contributed by atoms with van der Waals surface area (Å²) in [6.45, 7) is 0. The minimum Gasteiger partial charge on any atom is -0.455 e. The maximum Gasteiger partial charge on any atom is 0.254 e. The molecule has 104 valence electrons. The topological polar surface area (TPSA) is 64.4 Å². The van der Waals surface area contributed by atoms with E-state index in [0.717, 1.165) is 4.90 Å². The van der Waals surface area contributed by atoms with Crippen LogP contribution in [0.3, 0.4) is 0 Å². The number of rotatable bonds is 4. The molecule has 2 rings (SSSR count). The fourth-order valence-electron chi connectivity index (χ4n) is 1.77. The molecule has 3 N–H and O–H groups in total. The number of nitrogens with one attached hydrogen (secondary N) is 1. The maximum absolute atomic E-state index is 11.9. The summed E-state index contributed by atoms with van der Waals surface area (Å²) < 4.78 is 5.87. The second kappa shape index (κ2) is 6.34. The standard InChI is InChI=1S/C15H16N2O2S/c1-17-15(18)11-8-7-10(16)9-13(11)19-12-5-3-4-6-14(12)20-2/h3-9H,16H2,1-2H3,(H,17,18). The van der Waals surface area contributed by atoms with E-state index in [4.69, 9.17) is 10.5 Å². The lowest BCUT2D eigenvalue weighted by molar-refractivity contribution is 0.0961. The molecule has 0 aliphatic carbocycles. The Morgan fingerprint density at radius 3 is 2.65 bits per heavy atom. The maximum atomic E-state index is 11.9. The predicted octanol–water partition coefficient (Wildman–Crippen LogP) is 3.14. The van der Waals surface area contributed by atoms with Crippen LogP contribution in [0.15, 0.2) is 47.4 Å². The van der Waals surface area contributed by atoms with Crippen LogP contribution < -0.4 is 15.8 Å². The predicted molar refractivity (Wildman–Crippen MR) is 82.5 cm³/mol. The number of carbonyl (C=O) groups is 1. The molecule has 20 heavy (non-hydrogen) atoms. The lowest BCUT2D eigenvalue weighted by Gasteiger charge is -2.13. The second-order valence-corrected chi connectivity index (χ2v) is 4.94. The Hall–Kier alpha value is -2.14. The molecule has 0 aliphatic rings. The molecule has 0 unspecified atom stereocenters. The van der Waals surface area contributed by atoms with E-state index < -0.39 is 0 Å². The van der Waals surface area contributed by atoms with Crippen LogP contribution in [0.5, 0.6) is 11.5 Å². The molecule has 0 aliphatic heterocycles. The zero-order valence-corrected chi connectivity index (χ0v) is 12.2. The number of hydrogen-bond acceptors (Lipinski definition) is 4. The molecule has 0 fully saturated rings. The number of amides is 1. The molecule has 2 aromatic rings. The van der Waals surface area contributed by atoms with E-state index in [1.165, 1.54) is 0 Å². The largest absolute Gasteiger partial charge is 0.455 e. The van der Waals surface area contributed by atoms with Gasteiger partial charge in [-0.2, -0.15) is 0 Å². The highest BCUT2D eigenvalue weighted by Gasteiger charge is 2.13. The zero-order chi connectivity index (χ0) is 14.5. The molecule has 0 saturated carbocycles. The number of para-hydroxylation sites is 1. The summed E-state index contributed by atoms with van der Waals surface area (Å²) in [4.78, 5) is 12.9. The minimum atomic E-state index is -0.207. The number of carbonyl (C=O) groups excluding carboxylic acids is 1. The number of ether oxygens (including phenoxy) is 1. The third kappa shape index (κ3) is 3.05. The molecule has 0 atom stereocenters. The SMILES string of the molecule is CNC(=O)c1ccc(N)cc1Oc1ccccc1SC. The van der Waals surface area contributed by atoms with Gasteiger partial charge in [0, 0.05) is 23.7 Å². The first kappa shape index (κ1) is 14.3. The quantitative estimate of drug-likeness (QED) is 0.670. The van der Waals surface area contributed by atoms with Crippen molar-refractivity contribution in [2.45, 2.75) is 4.90 Å². The first-order valence-corrected chi connectivity index (χ1v) is 7.30. The van der Waals surface area contributed by atoms with Crippen molar-refractivity contribution in [2.24, 2.45) is 0 Å². The number of anilines is 1. The van der Waals surface area contributed by atoms with Gasteiger partial charge in [-0.15, -0.1) is 11.8 Å². The van der Waals surface area contributed by atoms with Crippen molar-refractivity contribution in [3.05, 3.63) is 48.0 Å². The average molecular weight is 288 g/mol. The van der Waals surface area contributed by atoms with Crippen molar-refractivity contribution in [3.63, 3.8) is 0 Å². The summed E-state index contributed by atoms with van der Waals surface area (Å²) in [5.41, 5.74) is 6.78. The first-order chi connectivity index (χ1) is 9.65. The van der Waals surface area contributed by atoms with Gasteiger partial charge in [-0.25, -0.2) is 0 Å². The fourth-order valence-corrected chi connectivity index (χ4v) is 2.29. The van der Waals surface area contributed by atoms with Crippen LogP contribution in [-0.2, 0) is 0 Å². The fraction of sp³-hybridized carbons (Fsp3) is 0.133. The second-order valence-electron chi connectivity index (χ2n) is 4.09. The van der Waals surface area contributed by atoms with E-state index in [2.05, 4.69) is 5.32 Å². The summed E-state index contributed by atoms with van der Waals surface area (Å²) in [5.74, 6) is 0.947. The monoisotopic (exact) mass is 288 g/mol. The smallest absolute Gasteiger partial charge is 0.254 e. The summed E-state index contributed by atoms with van der Waals surface area (Å²) in [5, 5.41) is 2.59. The Labute approximate surface area is 122 Å². The van der Waals surface area contributed by atoms with Crippen molar-refractivity contribution < 1.29 is 9.53 Å². The van der Waals surface area contributed by atoms with Gasteiger partial charge in [0.1, 0.15) is 11.5 Å². The van der Waals surface area contributed by atoms with E-state index in [0.29, 0.717) is 22.7 Å². The molecule has 0 spiro atoms. The normalized spacial score (nSPS) is 10.1.